The Morgan fingerprint density at radius 3 is 2.62 bits per heavy atom. The summed E-state index contributed by atoms with van der Waals surface area (Å²) in [6.45, 7) is 0. The lowest BCUT2D eigenvalue weighted by molar-refractivity contribution is -0.384. The first kappa shape index (κ1) is 11.2. The van der Waals surface area contributed by atoms with E-state index in [0.29, 0.717) is 5.25 Å². The summed E-state index contributed by atoms with van der Waals surface area (Å²) in [7, 11) is 0. The van der Waals surface area contributed by atoms with Gasteiger partial charge in [-0.3, -0.25) is 10.1 Å². The zero-order valence-electron chi connectivity index (χ0n) is 8.83. The van der Waals surface area contributed by atoms with Gasteiger partial charge in [-0.25, -0.2) is 0 Å². The Morgan fingerprint density at radius 2 is 2.06 bits per heavy atom. The number of nitro groups is 1. The van der Waals surface area contributed by atoms with Crippen molar-refractivity contribution in [3.8, 4) is 0 Å². The van der Waals surface area contributed by atoms with Gasteiger partial charge in [-0.05, 0) is 31.4 Å². The molecule has 1 aromatic rings. The van der Waals surface area contributed by atoms with Gasteiger partial charge in [0, 0.05) is 22.3 Å². The minimum Gasteiger partial charge on any atom is -0.258 e. The summed E-state index contributed by atoms with van der Waals surface area (Å²) in [5.41, 5.74) is 0.156. The van der Waals surface area contributed by atoms with Crippen LogP contribution in [0.5, 0.6) is 0 Å². The second kappa shape index (κ2) is 5.16. The van der Waals surface area contributed by atoms with Crippen LogP contribution in [-0.4, -0.2) is 10.2 Å². The number of non-ortho nitro benzene ring substituents is 1. The maximum absolute atomic E-state index is 10.5. The highest BCUT2D eigenvalue weighted by Crippen LogP contribution is 2.30. The van der Waals surface area contributed by atoms with Gasteiger partial charge in [-0.1, -0.05) is 12.2 Å². The predicted molar refractivity (Wildman–Crippen MR) is 65.7 cm³/mol. The third-order valence-electron chi connectivity index (χ3n) is 2.55. The Hall–Kier alpha value is -1.29. The van der Waals surface area contributed by atoms with E-state index in [4.69, 9.17) is 0 Å². The van der Waals surface area contributed by atoms with Gasteiger partial charge >= 0.3 is 0 Å². The minimum atomic E-state index is -0.366. The largest absolute Gasteiger partial charge is 0.269 e. The van der Waals surface area contributed by atoms with Crippen LogP contribution >= 0.6 is 11.8 Å². The Labute approximate surface area is 98.7 Å². The van der Waals surface area contributed by atoms with E-state index in [0.717, 1.165) is 4.90 Å². The molecule has 0 heterocycles. The molecular weight excluding hydrogens is 222 g/mol. The van der Waals surface area contributed by atoms with Crippen LogP contribution in [0, 0.1) is 10.1 Å². The summed E-state index contributed by atoms with van der Waals surface area (Å²) in [6.07, 6.45) is 8.05. The smallest absolute Gasteiger partial charge is 0.258 e. The maximum Gasteiger partial charge on any atom is 0.269 e. The fourth-order valence-electron chi connectivity index (χ4n) is 1.70. The van der Waals surface area contributed by atoms with E-state index in [2.05, 4.69) is 12.2 Å². The summed E-state index contributed by atoms with van der Waals surface area (Å²) in [5.74, 6) is 0. The summed E-state index contributed by atoms with van der Waals surface area (Å²) < 4.78 is 0. The van der Waals surface area contributed by atoms with E-state index < -0.39 is 0 Å². The topological polar surface area (TPSA) is 43.1 Å². The molecule has 0 fully saturated rings. The van der Waals surface area contributed by atoms with Crippen LogP contribution in [0.3, 0.4) is 0 Å². The highest BCUT2D eigenvalue weighted by atomic mass is 32.2. The van der Waals surface area contributed by atoms with Gasteiger partial charge < -0.3 is 0 Å². The van der Waals surface area contributed by atoms with Crippen LogP contribution in [0.1, 0.15) is 19.3 Å². The number of thioether (sulfide) groups is 1. The second-order valence-corrected chi connectivity index (χ2v) is 5.08. The summed E-state index contributed by atoms with van der Waals surface area (Å²) in [4.78, 5) is 11.2. The molecule has 4 heteroatoms. The van der Waals surface area contributed by atoms with Crippen molar-refractivity contribution >= 4 is 17.4 Å². The zero-order valence-corrected chi connectivity index (χ0v) is 9.65. The number of allylic oxidation sites excluding steroid dienone is 1. The molecule has 16 heavy (non-hydrogen) atoms. The van der Waals surface area contributed by atoms with Crippen molar-refractivity contribution in [2.45, 2.75) is 29.4 Å². The highest BCUT2D eigenvalue weighted by molar-refractivity contribution is 8.00. The number of rotatable bonds is 3. The number of hydrogen-bond acceptors (Lipinski definition) is 3. The number of benzene rings is 1. The van der Waals surface area contributed by atoms with Crippen LogP contribution in [0.2, 0.25) is 0 Å². The third kappa shape index (κ3) is 2.85. The Balaban J connectivity index is 2.02. The van der Waals surface area contributed by atoms with Gasteiger partial charge in [0.15, 0.2) is 0 Å². The quantitative estimate of drug-likeness (QED) is 0.454. The van der Waals surface area contributed by atoms with Crippen molar-refractivity contribution in [3.05, 3.63) is 46.5 Å². The first-order chi connectivity index (χ1) is 7.75. The monoisotopic (exact) mass is 235 g/mol. The average Bonchev–Trinajstić information content (AvgIpc) is 2.31. The number of nitrogens with zero attached hydrogens (tertiary/aromatic N) is 1. The number of nitro benzene ring substituents is 1. The molecule has 0 amide bonds. The Morgan fingerprint density at radius 1 is 1.31 bits per heavy atom. The van der Waals surface area contributed by atoms with Crippen molar-refractivity contribution < 1.29 is 4.92 Å². The van der Waals surface area contributed by atoms with Gasteiger partial charge in [0.2, 0.25) is 0 Å². The van der Waals surface area contributed by atoms with E-state index >= 15 is 0 Å². The molecule has 0 aliphatic heterocycles. The molecule has 1 unspecified atom stereocenters. The van der Waals surface area contributed by atoms with Crippen molar-refractivity contribution in [2.24, 2.45) is 0 Å². The van der Waals surface area contributed by atoms with Gasteiger partial charge in [0.05, 0.1) is 4.92 Å². The van der Waals surface area contributed by atoms with Crippen LogP contribution in [0.25, 0.3) is 0 Å². The SMILES string of the molecule is O=[N+]([O-])c1ccc(SC2C=CCCC2)cc1. The predicted octanol–water partition coefficient (Wildman–Crippen LogP) is 3.80. The molecule has 0 spiro atoms. The van der Waals surface area contributed by atoms with Gasteiger partial charge in [-0.15, -0.1) is 11.8 Å². The van der Waals surface area contributed by atoms with E-state index in [1.54, 1.807) is 23.9 Å². The standard InChI is InChI=1S/C12H13NO2S/c14-13(15)10-6-8-12(9-7-10)16-11-4-2-1-3-5-11/h2,4,6-9,11H,1,3,5H2. The molecule has 0 bridgehead atoms. The number of hydrogen-bond donors (Lipinski definition) is 0. The van der Waals surface area contributed by atoms with Crippen molar-refractivity contribution in [1.82, 2.24) is 0 Å². The molecule has 0 N–H and O–H groups in total. The van der Waals surface area contributed by atoms with Crippen LogP contribution in [-0.2, 0) is 0 Å². The average molecular weight is 235 g/mol. The molecule has 1 aliphatic carbocycles. The minimum absolute atomic E-state index is 0.156. The lowest BCUT2D eigenvalue weighted by atomic mass is 10.1. The molecule has 0 radical (unpaired) electrons. The third-order valence-corrected chi connectivity index (χ3v) is 3.79. The van der Waals surface area contributed by atoms with E-state index in [1.807, 2.05) is 12.1 Å². The van der Waals surface area contributed by atoms with E-state index in [9.17, 15) is 10.1 Å². The first-order valence-electron chi connectivity index (χ1n) is 5.33. The lowest BCUT2D eigenvalue weighted by Crippen LogP contribution is -2.01. The lowest BCUT2D eigenvalue weighted by Gasteiger charge is -2.15. The molecule has 1 atom stereocenters. The molecular formula is C12H13NO2S. The van der Waals surface area contributed by atoms with E-state index in [1.165, 1.54) is 19.3 Å². The normalized spacial score (nSPS) is 19.6. The Bertz CT molecular complexity index is 400. The van der Waals surface area contributed by atoms with Crippen molar-refractivity contribution in [2.75, 3.05) is 0 Å². The molecule has 1 aliphatic rings. The van der Waals surface area contributed by atoms with E-state index in [-0.39, 0.29) is 10.6 Å². The van der Waals surface area contributed by atoms with Gasteiger partial charge in [-0.2, -0.15) is 0 Å². The molecule has 84 valence electrons. The first-order valence-corrected chi connectivity index (χ1v) is 6.21. The van der Waals surface area contributed by atoms with Crippen molar-refractivity contribution in [3.63, 3.8) is 0 Å². The zero-order chi connectivity index (χ0) is 11.4. The van der Waals surface area contributed by atoms with Crippen LogP contribution in [0.15, 0.2) is 41.3 Å². The van der Waals surface area contributed by atoms with Crippen LogP contribution < -0.4 is 0 Å². The van der Waals surface area contributed by atoms with Crippen molar-refractivity contribution in [1.29, 1.82) is 0 Å². The van der Waals surface area contributed by atoms with Gasteiger partial charge in [0.1, 0.15) is 0 Å². The molecule has 1 aromatic carbocycles. The fourth-order valence-corrected chi connectivity index (χ4v) is 2.82. The maximum atomic E-state index is 10.5. The molecule has 0 saturated heterocycles. The van der Waals surface area contributed by atoms with Crippen LogP contribution in [0.4, 0.5) is 5.69 Å². The Kier molecular flexibility index (Phi) is 3.62. The molecule has 0 aromatic heterocycles. The fraction of sp³-hybridized carbons (Fsp3) is 0.333. The summed E-state index contributed by atoms with van der Waals surface area (Å²) >= 11 is 1.78. The second-order valence-electron chi connectivity index (χ2n) is 3.77. The van der Waals surface area contributed by atoms with Gasteiger partial charge in [0.25, 0.3) is 5.69 Å². The highest BCUT2D eigenvalue weighted by Gasteiger charge is 2.11. The molecule has 2 rings (SSSR count). The molecule has 3 nitrogen and oxygen atoms in total. The molecule has 0 saturated carbocycles. The summed E-state index contributed by atoms with van der Waals surface area (Å²) in [6, 6.07) is 6.78. The summed E-state index contributed by atoms with van der Waals surface area (Å²) in [5, 5.41) is 11.0.